The Morgan fingerprint density at radius 3 is 2.53 bits per heavy atom. The van der Waals surface area contributed by atoms with Gasteiger partial charge >= 0.3 is 5.97 Å². The zero-order chi connectivity index (χ0) is 12.9. The lowest BCUT2D eigenvalue weighted by atomic mass is 10.2. The second-order valence-corrected chi connectivity index (χ2v) is 5.93. The minimum Gasteiger partial charge on any atom is -0.481 e. The standard InChI is InChI=1S/C10H14N2O4S/c1-17(15,16)7-8(10(13)14)6-12-9-2-4-11-5-3-9/h2-5,8H,6-7H2,1H3,(H,11,12)(H,13,14). The quantitative estimate of drug-likeness (QED) is 0.758. The first-order chi connectivity index (χ1) is 7.88. The summed E-state index contributed by atoms with van der Waals surface area (Å²) in [5, 5.41) is 11.8. The second kappa shape index (κ2) is 5.62. The van der Waals surface area contributed by atoms with E-state index in [1.807, 2.05) is 0 Å². The molecule has 1 unspecified atom stereocenters. The van der Waals surface area contributed by atoms with Gasteiger partial charge < -0.3 is 10.4 Å². The fourth-order valence-electron chi connectivity index (χ4n) is 1.29. The SMILES string of the molecule is CS(=O)(=O)CC(CNc1ccncc1)C(=O)O. The molecule has 17 heavy (non-hydrogen) atoms. The molecule has 2 N–H and O–H groups in total. The van der Waals surface area contributed by atoms with Crippen LogP contribution in [0.2, 0.25) is 0 Å². The molecule has 1 aromatic rings. The van der Waals surface area contributed by atoms with Gasteiger partial charge in [0.25, 0.3) is 0 Å². The normalized spacial score (nSPS) is 13.0. The summed E-state index contributed by atoms with van der Waals surface area (Å²) in [6, 6.07) is 3.36. The van der Waals surface area contributed by atoms with E-state index in [1.165, 1.54) is 0 Å². The molecule has 0 aliphatic carbocycles. The molecule has 0 aliphatic heterocycles. The van der Waals surface area contributed by atoms with Gasteiger partial charge in [-0.2, -0.15) is 0 Å². The van der Waals surface area contributed by atoms with Gasteiger partial charge in [0.2, 0.25) is 0 Å². The third kappa shape index (κ3) is 5.30. The van der Waals surface area contributed by atoms with Crippen molar-refractivity contribution in [2.45, 2.75) is 0 Å². The van der Waals surface area contributed by atoms with Crippen LogP contribution in [-0.4, -0.2) is 43.0 Å². The minimum atomic E-state index is -3.31. The van der Waals surface area contributed by atoms with Crippen LogP contribution < -0.4 is 5.32 Å². The lowest BCUT2D eigenvalue weighted by Gasteiger charge is -2.12. The van der Waals surface area contributed by atoms with E-state index in [9.17, 15) is 13.2 Å². The number of hydrogen-bond donors (Lipinski definition) is 2. The molecule has 0 aromatic carbocycles. The molecule has 0 bridgehead atoms. The van der Waals surface area contributed by atoms with Gasteiger partial charge in [-0.1, -0.05) is 0 Å². The number of aromatic nitrogens is 1. The summed E-state index contributed by atoms with van der Waals surface area (Å²) in [6.45, 7) is 0.0619. The number of hydrogen-bond acceptors (Lipinski definition) is 5. The van der Waals surface area contributed by atoms with Crippen LogP contribution in [0.3, 0.4) is 0 Å². The topological polar surface area (TPSA) is 96.4 Å². The van der Waals surface area contributed by atoms with E-state index in [2.05, 4.69) is 10.3 Å². The molecule has 0 spiro atoms. The van der Waals surface area contributed by atoms with Crippen LogP contribution in [0.5, 0.6) is 0 Å². The Bertz CT molecular complexity index is 472. The molecule has 0 saturated carbocycles. The van der Waals surface area contributed by atoms with E-state index < -0.39 is 21.7 Å². The van der Waals surface area contributed by atoms with Crippen molar-refractivity contribution in [1.29, 1.82) is 0 Å². The van der Waals surface area contributed by atoms with Crippen molar-refractivity contribution in [1.82, 2.24) is 4.98 Å². The monoisotopic (exact) mass is 258 g/mol. The molecular formula is C10H14N2O4S. The van der Waals surface area contributed by atoms with Crippen molar-refractivity contribution in [3.8, 4) is 0 Å². The number of nitrogens with zero attached hydrogens (tertiary/aromatic N) is 1. The second-order valence-electron chi connectivity index (χ2n) is 3.74. The highest BCUT2D eigenvalue weighted by Crippen LogP contribution is 2.07. The van der Waals surface area contributed by atoms with Gasteiger partial charge in [-0.05, 0) is 12.1 Å². The number of anilines is 1. The van der Waals surface area contributed by atoms with Gasteiger partial charge in [0.1, 0.15) is 9.84 Å². The van der Waals surface area contributed by atoms with Crippen molar-refractivity contribution in [2.75, 3.05) is 23.9 Å². The fourth-order valence-corrected chi connectivity index (χ4v) is 2.29. The van der Waals surface area contributed by atoms with Gasteiger partial charge in [-0.15, -0.1) is 0 Å². The summed E-state index contributed by atoms with van der Waals surface area (Å²) < 4.78 is 22.1. The maximum Gasteiger partial charge on any atom is 0.309 e. The fraction of sp³-hybridized carbons (Fsp3) is 0.400. The molecule has 0 radical (unpaired) electrons. The lowest BCUT2D eigenvalue weighted by Crippen LogP contribution is -2.29. The lowest BCUT2D eigenvalue weighted by molar-refractivity contribution is -0.140. The Labute approximate surface area is 99.6 Å². The Morgan fingerprint density at radius 2 is 2.06 bits per heavy atom. The van der Waals surface area contributed by atoms with E-state index in [1.54, 1.807) is 24.5 Å². The van der Waals surface area contributed by atoms with Crippen molar-refractivity contribution >= 4 is 21.5 Å². The summed E-state index contributed by atoms with van der Waals surface area (Å²) in [7, 11) is -3.31. The predicted molar refractivity (Wildman–Crippen MR) is 63.6 cm³/mol. The summed E-state index contributed by atoms with van der Waals surface area (Å²) in [5.41, 5.74) is 0.708. The number of nitrogens with one attached hydrogen (secondary N) is 1. The molecule has 0 saturated heterocycles. The summed E-state index contributed by atoms with van der Waals surface area (Å²) in [5.74, 6) is -2.46. The van der Waals surface area contributed by atoms with Crippen LogP contribution in [0.4, 0.5) is 5.69 Å². The van der Waals surface area contributed by atoms with E-state index in [0.717, 1.165) is 6.26 Å². The van der Waals surface area contributed by atoms with Crippen LogP contribution in [0, 0.1) is 5.92 Å². The minimum absolute atomic E-state index is 0.0619. The number of sulfone groups is 1. The Kier molecular flexibility index (Phi) is 4.45. The number of carboxylic acids is 1. The van der Waals surface area contributed by atoms with Gasteiger partial charge in [-0.25, -0.2) is 8.42 Å². The van der Waals surface area contributed by atoms with Gasteiger partial charge in [0.15, 0.2) is 0 Å². The van der Waals surface area contributed by atoms with E-state index in [-0.39, 0.29) is 12.3 Å². The molecule has 94 valence electrons. The third-order valence-corrected chi connectivity index (χ3v) is 3.09. The Morgan fingerprint density at radius 1 is 1.47 bits per heavy atom. The van der Waals surface area contributed by atoms with Crippen LogP contribution in [0.15, 0.2) is 24.5 Å². The maximum atomic E-state index is 11.1. The molecule has 1 heterocycles. The first-order valence-electron chi connectivity index (χ1n) is 4.93. The van der Waals surface area contributed by atoms with E-state index in [0.29, 0.717) is 5.69 Å². The number of aliphatic carboxylic acids is 1. The third-order valence-electron chi connectivity index (χ3n) is 2.09. The smallest absolute Gasteiger partial charge is 0.309 e. The van der Waals surface area contributed by atoms with Crippen LogP contribution >= 0.6 is 0 Å². The average Bonchev–Trinajstić information content (AvgIpc) is 2.24. The van der Waals surface area contributed by atoms with E-state index >= 15 is 0 Å². The molecule has 1 aromatic heterocycles. The molecule has 6 nitrogen and oxygen atoms in total. The molecule has 0 fully saturated rings. The van der Waals surface area contributed by atoms with Crippen LogP contribution in [0.25, 0.3) is 0 Å². The average molecular weight is 258 g/mol. The summed E-state index contributed by atoms with van der Waals surface area (Å²) >= 11 is 0. The maximum absolute atomic E-state index is 11.1. The molecule has 0 aliphatic rings. The highest BCUT2D eigenvalue weighted by molar-refractivity contribution is 7.90. The largest absolute Gasteiger partial charge is 0.481 e. The van der Waals surface area contributed by atoms with E-state index in [4.69, 9.17) is 5.11 Å². The van der Waals surface area contributed by atoms with Gasteiger partial charge in [-0.3, -0.25) is 9.78 Å². The van der Waals surface area contributed by atoms with Crippen molar-refractivity contribution in [3.05, 3.63) is 24.5 Å². The Hall–Kier alpha value is -1.63. The van der Waals surface area contributed by atoms with Crippen molar-refractivity contribution < 1.29 is 18.3 Å². The number of pyridine rings is 1. The van der Waals surface area contributed by atoms with Gasteiger partial charge in [0.05, 0.1) is 11.7 Å². The van der Waals surface area contributed by atoms with Crippen molar-refractivity contribution in [2.24, 2.45) is 5.92 Å². The number of rotatable bonds is 6. The van der Waals surface area contributed by atoms with Gasteiger partial charge in [0, 0.05) is 30.9 Å². The number of carbonyl (C=O) groups is 1. The molecule has 1 rings (SSSR count). The van der Waals surface area contributed by atoms with Crippen LogP contribution in [0.1, 0.15) is 0 Å². The molecular weight excluding hydrogens is 244 g/mol. The van der Waals surface area contributed by atoms with Crippen LogP contribution in [-0.2, 0) is 14.6 Å². The highest BCUT2D eigenvalue weighted by Gasteiger charge is 2.22. The highest BCUT2D eigenvalue weighted by atomic mass is 32.2. The molecule has 0 amide bonds. The first kappa shape index (κ1) is 13.4. The summed E-state index contributed by atoms with van der Waals surface area (Å²) in [4.78, 5) is 14.7. The predicted octanol–water partition coefficient (Wildman–Crippen LogP) is 0.239. The van der Waals surface area contributed by atoms with Crippen molar-refractivity contribution in [3.63, 3.8) is 0 Å². The molecule has 7 heteroatoms. The number of carboxylic acid groups (broad SMARTS) is 1. The zero-order valence-electron chi connectivity index (χ0n) is 9.33. The zero-order valence-corrected chi connectivity index (χ0v) is 10.1. The Balaban J connectivity index is 2.60. The first-order valence-corrected chi connectivity index (χ1v) is 6.99. The summed E-state index contributed by atoms with van der Waals surface area (Å²) in [6.07, 6.45) is 4.15. The molecule has 1 atom stereocenters.